The number of rotatable bonds is 8. The number of carboxylic acids is 1. The first-order valence-corrected chi connectivity index (χ1v) is 8.89. The van der Waals surface area contributed by atoms with Gasteiger partial charge in [-0.2, -0.15) is 0 Å². The van der Waals surface area contributed by atoms with Crippen LogP contribution in [0.2, 0.25) is 0 Å². The zero-order valence-corrected chi connectivity index (χ0v) is 15.3. The Balaban J connectivity index is 1.63. The van der Waals surface area contributed by atoms with Crippen molar-refractivity contribution in [1.82, 2.24) is 14.9 Å². The second-order valence-electron chi connectivity index (χ2n) is 6.22. The molecule has 1 fully saturated rings. The van der Waals surface area contributed by atoms with Crippen LogP contribution in [0.15, 0.2) is 42.7 Å². The molecule has 0 bridgehead atoms. The highest BCUT2D eigenvalue weighted by molar-refractivity contribution is 5.75. The number of anilines is 1. The normalized spacial score (nSPS) is 16.1. The average Bonchev–Trinajstić information content (AvgIpc) is 2.70. The van der Waals surface area contributed by atoms with E-state index in [1.165, 1.54) is 0 Å². The fraction of sp³-hybridized carbons (Fsp3) is 0.421. The molecule has 3 rings (SSSR count). The van der Waals surface area contributed by atoms with Gasteiger partial charge in [0.2, 0.25) is 5.95 Å². The molecule has 1 atom stereocenters. The molecule has 0 radical (unpaired) electrons. The van der Waals surface area contributed by atoms with Gasteiger partial charge in [-0.05, 0) is 23.8 Å². The molecule has 27 heavy (non-hydrogen) atoms. The van der Waals surface area contributed by atoms with Crippen molar-refractivity contribution < 1.29 is 19.4 Å². The number of carboxylic acid groups (broad SMARTS) is 1. The van der Waals surface area contributed by atoms with Gasteiger partial charge in [0.25, 0.3) is 0 Å². The van der Waals surface area contributed by atoms with Gasteiger partial charge in [-0.25, -0.2) is 9.97 Å². The summed E-state index contributed by atoms with van der Waals surface area (Å²) in [4.78, 5) is 24.5. The van der Waals surface area contributed by atoms with Crippen LogP contribution >= 0.6 is 0 Å². The summed E-state index contributed by atoms with van der Waals surface area (Å²) < 4.78 is 10.5. The molecule has 2 aromatic rings. The van der Waals surface area contributed by atoms with E-state index in [2.05, 4.69) is 14.9 Å². The van der Waals surface area contributed by atoms with Crippen LogP contribution in [0.3, 0.4) is 0 Å². The Morgan fingerprint density at radius 1 is 1.11 bits per heavy atom. The van der Waals surface area contributed by atoms with Crippen LogP contribution in [-0.4, -0.2) is 72.4 Å². The zero-order valence-electron chi connectivity index (χ0n) is 15.3. The molecule has 2 heterocycles. The number of hydrogen-bond acceptors (Lipinski definition) is 7. The summed E-state index contributed by atoms with van der Waals surface area (Å²) >= 11 is 0. The van der Waals surface area contributed by atoms with E-state index in [0.29, 0.717) is 51.1 Å². The van der Waals surface area contributed by atoms with Gasteiger partial charge in [0.15, 0.2) is 0 Å². The lowest BCUT2D eigenvalue weighted by Gasteiger charge is -2.37. The van der Waals surface area contributed by atoms with Crippen LogP contribution < -0.4 is 9.64 Å². The summed E-state index contributed by atoms with van der Waals surface area (Å²) in [5, 5.41) is 9.78. The largest absolute Gasteiger partial charge is 0.491 e. The second kappa shape index (κ2) is 9.29. The topological polar surface area (TPSA) is 88.0 Å². The van der Waals surface area contributed by atoms with Crippen LogP contribution in [0.1, 0.15) is 11.6 Å². The van der Waals surface area contributed by atoms with E-state index in [1.807, 2.05) is 17.0 Å². The van der Waals surface area contributed by atoms with Crippen molar-refractivity contribution in [3.8, 4) is 5.75 Å². The van der Waals surface area contributed by atoms with Crippen molar-refractivity contribution in [2.75, 3.05) is 51.4 Å². The number of aromatic nitrogens is 2. The first kappa shape index (κ1) is 19.1. The number of carbonyl (C=O) groups is 1. The Hall–Kier alpha value is -2.71. The van der Waals surface area contributed by atoms with E-state index in [1.54, 1.807) is 37.7 Å². The highest BCUT2D eigenvalue weighted by atomic mass is 16.5. The predicted molar refractivity (Wildman–Crippen MR) is 100 cm³/mol. The molecule has 1 N–H and O–H groups in total. The molecule has 8 heteroatoms. The quantitative estimate of drug-likeness (QED) is 0.697. The third kappa shape index (κ3) is 4.93. The Bertz CT molecular complexity index is 718. The van der Waals surface area contributed by atoms with Crippen molar-refractivity contribution in [1.29, 1.82) is 0 Å². The molecule has 0 spiro atoms. The summed E-state index contributed by atoms with van der Waals surface area (Å²) in [6.07, 6.45) is 3.43. The van der Waals surface area contributed by atoms with Crippen LogP contribution in [0.5, 0.6) is 5.75 Å². The van der Waals surface area contributed by atoms with Crippen LogP contribution in [0.25, 0.3) is 0 Å². The van der Waals surface area contributed by atoms with Gasteiger partial charge in [-0.3, -0.25) is 9.69 Å². The van der Waals surface area contributed by atoms with E-state index in [0.717, 1.165) is 5.56 Å². The Morgan fingerprint density at radius 3 is 2.37 bits per heavy atom. The van der Waals surface area contributed by atoms with Crippen LogP contribution in [0, 0.1) is 0 Å². The van der Waals surface area contributed by atoms with Gasteiger partial charge in [0.05, 0.1) is 6.61 Å². The van der Waals surface area contributed by atoms with E-state index >= 15 is 0 Å². The lowest BCUT2D eigenvalue weighted by molar-refractivity contribution is -0.143. The van der Waals surface area contributed by atoms with E-state index in [-0.39, 0.29) is 0 Å². The Morgan fingerprint density at radius 2 is 1.78 bits per heavy atom. The maximum Gasteiger partial charge on any atom is 0.325 e. The lowest BCUT2D eigenvalue weighted by atomic mass is 10.0. The Labute approximate surface area is 158 Å². The molecule has 1 aromatic heterocycles. The predicted octanol–water partition coefficient (Wildman–Crippen LogP) is 1.45. The molecule has 1 aliphatic heterocycles. The van der Waals surface area contributed by atoms with Gasteiger partial charge in [-0.15, -0.1) is 0 Å². The molecule has 8 nitrogen and oxygen atoms in total. The van der Waals surface area contributed by atoms with Gasteiger partial charge < -0.3 is 19.5 Å². The maximum absolute atomic E-state index is 11.9. The number of methoxy groups -OCH3 is 1. The van der Waals surface area contributed by atoms with Crippen molar-refractivity contribution >= 4 is 11.9 Å². The van der Waals surface area contributed by atoms with E-state index in [9.17, 15) is 9.90 Å². The summed E-state index contributed by atoms with van der Waals surface area (Å²) in [7, 11) is 1.62. The Kier molecular flexibility index (Phi) is 6.56. The van der Waals surface area contributed by atoms with E-state index in [4.69, 9.17) is 9.47 Å². The molecule has 1 aliphatic rings. The summed E-state index contributed by atoms with van der Waals surface area (Å²) in [6.45, 7) is 3.59. The molecular formula is C19H24N4O4. The van der Waals surface area contributed by atoms with Crippen molar-refractivity contribution in [3.05, 3.63) is 48.3 Å². The zero-order chi connectivity index (χ0) is 19.1. The standard InChI is InChI=1S/C19H24N4O4/c1-26-13-14-27-16-5-3-15(4-6-16)17(18(24)25)22-9-11-23(12-10-22)19-20-7-2-8-21-19/h2-8,17H,9-14H2,1H3,(H,24,25). The molecule has 1 aromatic carbocycles. The number of nitrogens with zero attached hydrogens (tertiary/aromatic N) is 4. The van der Waals surface area contributed by atoms with Crippen molar-refractivity contribution in [2.24, 2.45) is 0 Å². The minimum Gasteiger partial charge on any atom is -0.491 e. The minimum atomic E-state index is -0.854. The molecule has 0 amide bonds. The third-order valence-electron chi connectivity index (χ3n) is 4.50. The number of hydrogen-bond donors (Lipinski definition) is 1. The fourth-order valence-electron chi connectivity index (χ4n) is 3.13. The van der Waals surface area contributed by atoms with Crippen LogP contribution in [-0.2, 0) is 9.53 Å². The van der Waals surface area contributed by atoms with Crippen LogP contribution in [0.4, 0.5) is 5.95 Å². The van der Waals surface area contributed by atoms with Gasteiger partial charge in [0.1, 0.15) is 18.4 Å². The number of ether oxygens (including phenoxy) is 2. The highest BCUT2D eigenvalue weighted by Gasteiger charge is 2.30. The van der Waals surface area contributed by atoms with Gasteiger partial charge in [-0.1, -0.05) is 12.1 Å². The number of aliphatic carboxylic acids is 1. The molecule has 1 unspecified atom stereocenters. The van der Waals surface area contributed by atoms with Gasteiger partial charge in [0, 0.05) is 45.7 Å². The van der Waals surface area contributed by atoms with Crippen molar-refractivity contribution in [2.45, 2.75) is 6.04 Å². The first-order chi connectivity index (χ1) is 13.2. The summed E-state index contributed by atoms with van der Waals surface area (Å²) in [6, 6.07) is 8.32. The lowest BCUT2D eigenvalue weighted by Crippen LogP contribution is -2.49. The minimum absolute atomic E-state index is 0.460. The molecule has 0 aliphatic carbocycles. The molecular weight excluding hydrogens is 348 g/mol. The molecule has 0 saturated carbocycles. The highest BCUT2D eigenvalue weighted by Crippen LogP contribution is 2.25. The SMILES string of the molecule is COCCOc1ccc(C(C(=O)O)N2CCN(c3ncccn3)CC2)cc1. The number of piperazine rings is 1. The van der Waals surface area contributed by atoms with E-state index < -0.39 is 12.0 Å². The smallest absolute Gasteiger partial charge is 0.325 e. The summed E-state index contributed by atoms with van der Waals surface area (Å²) in [5.74, 6) is 0.528. The van der Waals surface area contributed by atoms with Crippen molar-refractivity contribution in [3.63, 3.8) is 0 Å². The number of benzene rings is 1. The second-order valence-corrected chi connectivity index (χ2v) is 6.22. The maximum atomic E-state index is 11.9. The molecule has 1 saturated heterocycles. The van der Waals surface area contributed by atoms with Gasteiger partial charge >= 0.3 is 5.97 Å². The average molecular weight is 372 g/mol. The monoisotopic (exact) mass is 372 g/mol. The summed E-state index contributed by atoms with van der Waals surface area (Å²) in [5.41, 5.74) is 0.742. The third-order valence-corrected chi connectivity index (χ3v) is 4.50. The molecule has 144 valence electrons. The fourth-order valence-corrected chi connectivity index (χ4v) is 3.13. The first-order valence-electron chi connectivity index (χ1n) is 8.89.